The monoisotopic (exact) mass is 936 g/mol. The fourth-order valence-electron chi connectivity index (χ4n) is 8.58. The number of amidine groups is 2. The molecule has 0 radical (unpaired) electrons. The zero-order chi connectivity index (χ0) is 49.9. The number of cyclic esters (lactones) is 1. The van der Waals surface area contributed by atoms with Crippen LogP contribution in [0.25, 0.3) is 16.6 Å². The molecule has 1 amide bonds. The van der Waals surface area contributed by atoms with E-state index in [2.05, 4.69) is 0 Å². The van der Waals surface area contributed by atoms with E-state index in [1.54, 1.807) is 67.6 Å². The Morgan fingerprint density at radius 2 is 1.64 bits per heavy atom. The van der Waals surface area contributed by atoms with Gasteiger partial charge >= 0.3 is 11.9 Å². The van der Waals surface area contributed by atoms with E-state index >= 15 is 0 Å². The quantitative estimate of drug-likeness (QED) is 0.0295. The zero-order valence-electron chi connectivity index (χ0n) is 39.0. The van der Waals surface area contributed by atoms with E-state index in [9.17, 15) is 39.3 Å². The first-order chi connectivity index (χ1) is 32.9. The second kappa shape index (κ2) is 19.9. The molecule has 0 spiro atoms. The summed E-state index contributed by atoms with van der Waals surface area (Å²) < 4.78 is 17.4. The van der Waals surface area contributed by atoms with Crippen LogP contribution >= 0.6 is 0 Å². The van der Waals surface area contributed by atoms with E-state index in [0.29, 0.717) is 53.2 Å². The van der Waals surface area contributed by atoms with Crippen LogP contribution in [0.4, 0.5) is 5.69 Å². The summed E-state index contributed by atoms with van der Waals surface area (Å²) in [7, 11) is 3.37. The lowest BCUT2D eigenvalue weighted by atomic mass is 9.84. The molecule has 4 aromatic carbocycles. The number of anilines is 1. The normalized spacial score (nSPS) is 16.0. The van der Waals surface area contributed by atoms with Gasteiger partial charge in [0.2, 0.25) is 5.60 Å². The van der Waals surface area contributed by atoms with Gasteiger partial charge in [-0.25, -0.2) is 9.78 Å². The fraction of sp³-hybridized carbons (Fsp3) is 0.269. The highest BCUT2D eigenvalue weighted by Crippen LogP contribution is 2.42. The van der Waals surface area contributed by atoms with Crippen LogP contribution in [-0.2, 0) is 41.6 Å². The SMILES string of the molecule is CCc1c2c(nc3ccc(O)cc13)/C(=C/C1=C(C=O)COC(=O)C1(CC)OC(=O)CCN(C)C(=O)c1ccc(Oc3ccc(N(C(=N)C=O)C(=N)c4cc(C(C)C)c(O)cc4O)cc3)cc1)N(C)C2. The highest BCUT2D eigenvalue weighted by atomic mass is 16.6. The van der Waals surface area contributed by atoms with Crippen molar-refractivity contribution in [2.24, 2.45) is 0 Å². The summed E-state index contributed by atoms with van der Waals surface area (Å²) in [4.78, 5) is 74.3. The van der Waals surface area contributed by atoms with Gasteiger partial charge < -0.3 is 39.3 Å². The second-order valence-electron chi connectivity index (χ2n) is 17.0. The van der Waals surface area contributed by atoms with Crippen molar-refractivity contribution < 1.29 is 53.5 Å². The molecule has 2 aliphatic heterocycles. The Labute approximate surface area is 397 Å². The molecule has 17 nitrogen and oxygen atoms in total. The van der Waals surface area contributed by atoms with Crippen molar-refractivity contribution >= 4 is 64.4 Å². The molecule has 7 rings (SSSR count). The Bertz CT molecular complexity index is 2980. The molecule has 0 fully saturated rings. The maximum Gasteiger partial charge on any atom is 0.355 e. The number of hydrogen-bond acceptors (Lipinski definition) is 15. The van der Waals surface area contributed by atoms with Gasteiger partial charge in [-0.3, -0.25) is 34.9 Å². The summed E-state index contributed by atoms with van der Waals surface area (Å²) in [6.07, 6.45) is 2.84. The molecule has 356 valence electrons. The Morgan fingerprint density at radius 3 is 2.26 bits per heavy atom. The number of nitrogens with one attached hydrogen (secondary N) is 2. The molecule has 17 heteroatoms. The number of hydrogen-bond donors (Lipinski definition) is 5. The van der Waals surface area contributed by atoms with Crippen molar-refractivity contribution in [1.82, 2.24) is 14.8 Å². The average Bonchev–Trinajstić information content (AvgIpc) is 3.64. The van der Waals surface area contributed by atoms with Gasteiger partial charge in [0.1, 0.15) is 47.5 Å². The van der Waals surface area contributed by atoms with Gasteiger partial charge in [-0.2, -0.15) is 0 Å². The molecule has 1 atom stereocenters. The standard InChI is InChI=1S/C52H52N6O11/c1-7-36-38-21-33(61)13-18-42(38)55-48-40(36)25-57(6)43(48)23-41-31(26-59)28-67-51(66)52(41,8-2)69-47(64)19-20-56(5)50(65)30-9-14-34(15-10-30)68-35-16-11-32(12-17-35)58(46(53)27-60)49(54)39-22-37(29(3)4)44(62)24-45(39)63/h9-18,21-24,26-27,29,53-54,61-63H,7-8,19-20,25,28H2,1-6H3/b43-23-,53-46?,54-49?. The molecule has 0 bridgehead atoms. The molecule has 0 saturated heterocycles. The lowest BCUT2D eigenvalue weighted by molar-refractivity contribution is -0.179. The number of carbonyl (C=O) groups excluding carboxylic acids is 5. The number of aldehydes is 2. The zero-order valence-corrected chi connectivity index (χ0v) is 39.0. The Hall–Kier alpha value is -8.34. The molecule has 5 N–H and O–H groups in total. The number of benzene rings is 4. The molecule has 2 aliphatic rings. The van der Waals surface area contributed by atoms with Crippen LogP contribution in [0.5, 0.6) is 28.7 Å². The Kier molecular flexibility index (Phi) is 14.0. The molecular formula is C52H52N6O11. The number of aromatic nitrogens is 1. The van der Waals surface area contributed by atoms with Crippen molar-refractivity contribution in [3.8, 4) is 28.7 Å². The minimum atomic E-state index is -1.96. The van der Waals surface area contributed by atoms with Gasteiger partial charge in [-0.15, -0.1) is 0 Å². The smallest absolute Gasteiger partial charge is 0.355 e. The van der Waals surface area contributed by atoms with Crippen LogP contribution in [0.3, 0.4) is 0 Å². The number of aromatic hydroxyl groups is 3. The third kappa shape index (κ3) is 9.48. The van der Waals surface area contributed by atoms with Crippen LogP contribution in [0, 0.1) is 10.8 Å². The largest absolute Gasteiger partial charge is 0.508 e. The number of nitrogens with zero attached hydrogens (tertiary/aromatic N) is 4. The van der Waals surface area contributed by atoms with Gasteiger partial charge in [-0.1, -0.05) is 27.7 Å². The van der Waals surface area contributed by atoms with Crippen molar-refractivity contribution in [1.29, 1.82) is 10.8 Å². The summed E-state index contributed by atoms with van der Waals surface area (Å²) >= 11 is 0. The second-order valence-corrected chi connectivity index (χ2v) is 17.0. The molecule has 0 saturated carbocycles. The van der Waals surface area contributed by atoms with Crippen LogP contribution < -0.4 is 9.64 Å². The number of phenolic OH excluding ortho intramolecular Hbond substituents is 3. The topological polar surface area (TPSA) is 244 Å². The van der Waals surface area contributed by atoms with Gasteiger partial charge in [0.15, 0.2) is 12.1 Å². The number of aryl methyl sites for hydroxylation is 1. The van der Waals surface area contributed by atoms with Crippen LogP contribution in [-0.4, -0.2) is 105 Å². The molecule has 5 aromatic rings. The number of fused-ring (bicyclic) bond motifs is 2. The summed E-state index contributed by atoms with van der Waals surface area (Å²) in [6.45, 7) is 7.41. The van der Waals surface area contributed by atoms with Gasteiger partial charge in [0.25, 0.3) is 5.91 Å². The van der Waals surface area contributed by atoms with Crippen LogP contribution in [0.1, 0.15) is 84.8 Å². The lowest BCUT2D eigenvalue weighted by Crippen LogP contribution is -2.49. The van der Waals surface area contributed by atoms with E-state index in [0.717, 1.165) is 27.5 Å². The van der Waals surface area contributed by atoms with Crippen molar-refractivity contribution in [3.63, 3.8) is 0 Å². The number of pyridine rings is 1. The van der Waals surface area contributed by atoms with E-state index in [4.69, 9.17) is 30.0 Å². The average molecular weight is 937 g/mol. The summed E-state index contributed by atoms with van der Waals surface area (Å²) in [5.74, 6) is -2.82. The van der Waals surface area contributed by atoms with Crippen molar-refractivity contribution in [2.75, 3.05) is 32.1 Å². The minimum absolute atomic E-state index is 0.00967. The maximum atomic E-state index is 13.7. The summed E-state index contributed by atoms with van der Waals surface area (Å²) in [5.41, 5.74) is 3.23. The highest BCUT2D eigenvalue weighted by molar-refractivity contribution is 6.41. The third-order valence-corrected chi connectivity index (χ3v) is 12.3. The number of amides is 1. The van der Waals surface area contributed by atoms with E-state index in [-0.39, 0.29) is 83.5 Å². The molecule has 1 aromatic heterocycles. The number of ether oxygens (including phenoxy) is 3. The Morgan fingerprint density at radius 1 is 0.957 bits per heavy atom. The summed E-state index contributed by atoms with van der Waals surface area (Å²) in [5, 5.41) is 49.0. The minimum Gasteiger partial charge on any atom is -0.508 e. The number of phenols is 3. The first-order valence-electron chi connectivity index (χ1n) is 22.2. The molecule has 3 heterocycles. The van der Waals surface area contributed by atoms with Crippen LogP contribution in [0.2, 0.25) is 0 Å². The fourth-order valence-corrected chi connectivity index (χ4v) is 8.58. The number of carbonyl (C=O) groups is 5. The third-order valence-electron chi connectivity index (χ3n) is 12.3. The molecule has 0 aliphatic carbocycles. The number of rotatable bonds is 15. The lowest BCUT2D eigenvalue weighted by Gasteiger charge is -2.36. The van der Waals surface area contributed by atoms with Crippen molar-refractivity contribution in [2.45, 2.75) is 65.0 Å². The number of esters is 2. The molecule has 69 heavy (non-hydrogen) atoms. The molecular weight excluding hydrogens is 885 g/mol. The van der Waals surface area contributed by atoms with Gasteiger partial charge in [0, 0.05) is 66.6 Å². The molecule has 1 unspecified atom stereocenters. The van der Waals surface area contributed by atoms with Crippen molar-refractivity contribution in [3.05, 3.63) is 130 Å². The Balaban J connectivity index is 1.02. The first-order valence-corrected chi connectivity index (χ1v) is 22.2. The highest BCUT2D eigenvalue weighted by Gasteiger charge is 2.50. The van der Waals surface area contributed by atoms with Gasteiger partial charge in [0.05, 0.1) is 28.9 Å². The summed E-state index contributed by atoms with van der Waals surface area (Å²) in [6, 6.07) is 20.0. The van der Waals surface area contributed by atoms with Gasteiger partial charge in [-0.05, 0) is 109 Å². The van der Waals surface area contributed by atoms with E-state index in [1.807, 2.05) is 32.7 Å². The maximum absolute atomic E-state index is 13.7. The van der Waals surface area contributed by atoms with E-state index < -0.39 is 35.0 Å². The van der Waals surface area contributed by atoms with E-state index in [1.165, 1.54) is 30.1 Å². The van der Waals surface area contributed by atoms with Crippen LogP contribution in [0.15, 0.2) is 96.1 Å². The predicted octanol–water partition coefficient (Wildman–Crippen LogP) is 7.53. The predicted molar refractivity (Wildman–Crippen MR) is 257 cm³/mol. The first kappa shape index (κ1) is 48.6.